The van der Waals surface area contributed by atoms with E-state index < -0.39 is 0 Å². The Balaban J connectivity index is 1.93. The molecule has 1 aliphatic heterocycles. The quantitative estimate of drug-likeness (QED) is 0.769. The zero-order valence-electron chi connectivity index (χ0n) is 14.7. The second-order valence-corrected chi connectivity index (χ2v) is 9.55. The van der Waals surface area contributed by atoms with Crippen LogP contribution in [0.3, 0.4) is 0 Å². The van der Waals surface area contributed by atoms with Crippen molar-refractivity contribution < 1.29 is 9.84 Å². The van der Waals surface area contributed by atoms with E-state index in [0.717, 1.165) is 18.8 Å². The summed E-state index contributed by atoms with van der Waals surface area (Å²) in [5, 5.41) is 9.71. The van der Waals surface area contributed by atoms with Crippen molar-refractivity contribution in [1.82, 2.24) is 0 Å². The molecule has 0 radical (unpaired) electrons. The monoisotopic (exact) mass is 294 g/mol. The largest absolute Gasteiger partial charge is 0.393 e. The fraction of sp³-hybridized carbons (Fsp3) is 1.00. The van der Waals surface area contributed by atoms with Crippen molar-refractivity contribution in [3.8, 4) is 0 Å². The van der Waals surface area contributed by atoms with E-state index in [2.05, 4.69) is 34.6 Å². The Morgan fingerprint density at radius 3 is 2.24 bits per heavy atom. The van der Waals surface area contributed by atoms with Gasteiger partial charge in [-0.3, -0.25) is 0 Å². The van der Waals surface area contributed by atoms with Crippen molar-refractivity contribution in [1.29, 1.82) is 0 Å². The first-order valence-electron chi connectivity index (χ1n) is 8.96. The lowest BCUT2D eigenvalue weighted by Crippen LogP contribution is -2.63. The first-order chi connectivity index (χ1) is 9.65. The lowest BCUT2D eigenvalue weighted by Gasteiger charge is -2.65. The second-order valence-electron chi connectivity index (χ2n) is 9.55. The van der Waals surface area contributed by atoms with Crippen LogP contribution < -0.4 is 0 Å². The molecule has 122 valence electrons. The molecule has 5 unspecified atom stereocenters. The number of aliphatic hydroxyl groups is 1. The topological polar surface area (TPSA) is 29.5 Å². The highest BCUT2D eigenvalue weighted by molar-refractivity contribution is 5.10. The highest BCUT2D eigenvalue weighted by atomic mass is 16.5. The molecule has 1 N–H and O–H groups in total. The molecule has 3 rings (SSSR count). The van der Waals surface area contributed by atoms with Crippen LogP contribution in [0.4, 0.5) is 0 Å². The standard InChI is InChI=1S/C19H34O2/c1-16(2)9-6-10-18(4)14(16)8-12-19(5)15(18)7-11-17(3,13-20)21-19/h14-15,20H,6-13H2,1-5H3. The van der Waals surface area contributed by atoms with Crippen LogP contribution >= 0.6 is 0 Å². The molecule has 5 atom stereocenters. The zero-order valence-corrected chi connectivity index (χ0v) is 14.7. The van der Waals surface area contributed by atoms with Gasteiger partial charge in [0.25, 0.3) is 0 Å². The summed E-state index contributed by atoms with van der Waals surface area (Å²) < 4.78 is 6.55. The second kappa shape index (κ2) is 4.71. The average Bonchev–Trinajstić information content (AvgIpc) is 2.36. The maximum atomic E-state index is 9.71. The lowest BCUT2D eigenvalue weighted by molar-refractivity contribution is -0.272. The number of ether oxygens (including phenoxy) is 1. The van der Waals surface area contributed by atoms with Crippen LogP contribution in [-0.4, -0.2) is 22.9 Å². The molecule has 2 saturated carbocycles. The van der Waals surface area contributed by atoms with Gasteiger partial charge in [-0.25, -0.2) is 0 Å². The van der Waals surface area contributed by atoms with Gasteiger partial charge in [-0.2, -0.15) is 0 Å². The van der Waals surface area contributed by atoms with Crippen LogP contribution in [0.15, 0.2) is 0 Å². The molecule has 3 fully saturated rings. The molecule has 1 heterocycles. The van der Waals surface area contributed by atoms with Gasteiger partial charge in [0.05, 0.1) is 17.8 Å². The highest BCUT2D eigenvalue weighted by Gasteiger charge is 2.61. The van der Waals surface area contributed by atoms with Gasteiger partial charge < -0.3 is 9.84 Å². The molecule has 0 aromatic rings. The lowest BCUT2D eigenvalue weighted by atomic mass is 9.44. The van der Waals surface area contributed by atoms with Gasteiger partial charge in [0, 0.05) is 0 Å². The maximum Gasteiger partial charge on any atom is 0.0891 e. The summed E-state index contributed by atoms with van der Waals surface area (Å²) in [4.78, 5) is 0. The van der Waals surface area contributed by atoms with Crippen molar-refractivity contribution in [3.63, 3.8) is 0 Å². The minimum atomic E-state index is -0.321. The predicted octanol–water partition coefficient (Wildman–Crippen LogP) is 4.55. The van der Waals surface area contributed by atoms with Crippen molar-refractivity contribution in [2.75, 3.05) is 6.61 Å². The zero-order chi connectivity index (χ0) is 15.5. The van der Waals surface area contributed by atoms with Crippen LogP contribution in [0.5, 0.6) is 0 Å². The molecular weight excluding hydrogens is 260 g/mol. The molecule has 2 nitrogen and oxygen atoms in total. The summed E-state index contributed by atoms with van der Waals surface area (Å²) in [6.45, 7) is 12.1. The van der Waals surface area contributed by atoms with Gasteiger partial charge in [0.1, 0.15) is 0 Å². The van der Waals surface area contributed by atoms with E-state index in [1.165, 1.54) is 32.1 Å². The summed E-state index contributed by atoms with van der Waals surface area (Å²) in [6, 6.07) is 0. The van der Waals surface area contributed by atoms with E-state index in [9.17, 15) is 5.11 Å². The van der Waals surface area contributed by atoms with Crippen LogP contribution in [0.1, 0.15) is 79.6 Å². The number of rotatable bonds is 1. The minimum absolute atomic E-state index is 0.0333. The molecule has 0 aromatic carbocycles. The first-order valence-corrected chi connectivity index (χ1v) is 8.96. The van der Waals surface area contributed by atoms with E-state index in [0.29, 0.717) is 16.7 Å². The SMILES string of the molecule is CC1(CO)CCC2C(C)(CCC3C(C)(C)CCCC32C)O1. The number of hydrogen-bond donors (Lipinski definition) is 1. The third-order valence-electron chi connectivity index (χ3n) is 7.51. The van der Waals surface area contributed by atoms with Crippen molar-refractivity contribution in [2.45, 2.75) is 90.8 Å². The van der Waals surface area contributed by atoms with Crippen molar-refractivity contribution >= 4 is 0 Å². The van der Waals surface area contributed by atoms with E-state index in [1.807, 2.05) is 0 Å². The molecule has 21 heavy (non-hydrogen) atoms. The van der Waals surface area contributed by atoms with Crippen LogP contribution in [0, 0.1) is 22.7 Å². The summed E-state index contributed by atoms with van der Waals surface area (Å²) in [7, 11) is 0. The summed E-state index contributed by atoms with van der Waals surface area (Å²) in [5.74, 6) is 1.49. The molecule has 0 amide bonds. The van der Waals surface area contributed by atoms with Gasteiger partial charge >= 0.3 is 0 Å². The maximum absolute atomic E-state index is 9.71. The van der Waals surface area contributed by atoms with E-state index >= 15 is 0 Å². The van der Waals surface area contributed by atoms with Crippen LogP contribution in [0.25, 0.3) is 0 Å². The highest BCUT2D eigenvalue weighted by Crippen LogP contribution is 2.65. The van der Waals surface area contributed by atoms with Gasteiger partial charge in [0.2, 0.25) is 0 Å². The first kappa shape index (κ1) is 15.8. The normalized spacial score (nSPS) is 52.9. The van der Waals surface area contributed by atoms with E-state index in [-0.39, 0.29) is 17.8 Å². The summed E-state index contributed by atoms with van der Waals surface area (Å²) in [6.07, 6.45) is 8.79. The Morgan fingerprint density at radius 2 is 1.57 bits per heavy atom. The van der Waals surface area contributed by atoms with Crippen molar-refractivity contribution in [3.05, 3.63) is 0 Å². The number of hydrogen-bond acceptors (Lipinski definition) is 2. The smallest absolute Gasteiger partial charge is 0.0891 e. The summed E-state index contributed by atoms with van der Waals surface area (Å²) in [5.41, 5.74) is 0.546. The van der Waals surface area contributed by atoms with Crippen LogP contribution in [0.2, 0.25) is 0 Å². The predicted molar refractivity (Wildman–Crippen MR) is 86.2 cm³/mol. The molecule has 1 saturated heterocycles. The Hall–Kier alpha value is -0.0800. The molecular formula is C19H34O2. The Bertz CT molecular complexity index is 418. The average molecular weight is 294 g/mol. The molecule has 3 aliphatic rings. The molecule has 2 heteroatoms. The Morgan fingerprint density at radius 1 is 0.905 bits per heavy atom. The van der Waals surface area contributed by atoms with Crippen LogP contribution in [-0.2, 0) is 4.74 Å². The van der Waals surface area contributed by atoms with Gasteiger partial charge in [0.15, 0.2) is 0 Å². The number of fused-ring (bicyclic) bond motifs is 3. The molecule has 2 aliphatic carbocycles. The fourth-order valence-corrected chi connectivity index (χ4v) is 6.54. The molecule has 0 aromatic heterocycles. The fourth-order valence-electron chi connectivity index (χ4n) is 6.54. The van der Waals surface area contributed by atoms with E-state index in [1.54, 1.807) is 0 Å². The molecule has 0 spiro atoms. The Labute approximate surface area is 130 Å². The van der Waals surface area contributed by atoms with Gasteiger partial charge in [-0.05, 0) is 75.0 Å². The summed E-state index contributed by atoms with van der Waals surface area (Å²) >= 11 is 0. The molecule has 0 bridgehead atoms. The third-order valence-corrected chi connectivity index (χ3v) is 7.51. The minimum Gasteiger partial charge on any atom is -0.393 e. The van der Waals surface area contributed by atoms with E-state index in [4.69, 9.17) is 4.74 Å². The van der Waals surface area contributed by atoms with Gasteiger partial charge in [-0.15, -0.1) is 0 Å². The third kappa shape index (κ3) is 2.28. The van der Waals surface area contributed by atoms with Gasteiger partial charge in [-0.1, -0.05) is 27.2 Å². The Kier molecular flexibility index (Phi) is 3.54. The number of aliphatic hydroxyl groups excluding tert-OH is 1. The van der Waals surface area contributed by atoms with Crippen molar-refractivity contribution in [2.24, 2.45) is 22.7 Å².